The van der Waals surface area contributed by atoms with Gasteiger partial charge in [0.25, 0.3) is 0 Å². The molecule has 0 bridgehead atoms. The van der Waals surface area contributed by atoms with Gasteiger partial charge in [0.2, 0.25) is 11.8 Å². The van der Waals surface area contributed by atoms with E-state index in [0.717, 1.165) is 18.3 Å². The summed E-state index contributed by atoms with van der Waals surface area (Å²) in [5.74, 6) is -1.04. The monoisotopic (exact) mass is 752 g/mol. The summed E-state index contributed by atoms with van der Waals surface area (Å²) in [5.41, 5.74) is 0.0530. The molecule has 2 N–H and O–H groups in total. The van der Waals surface area contributed by atoms with Crippen molar-refractivity contribution in [2.75, 3.05) is 10.6 Å². The third-order valence-corrected chi connectivity index (χ3v) is 12.4. The van der Waals surface area contributed by atoms with Crippen LogP contribution in [0.3, 0.4) is 0 Å². The lowest BCUT2D eigenvalue weighted by molar-refractivity contribution is -0.137. The molecule has 18 heteroatoms. The van der Waals surface area contributed by atoms with Crippen LogP contribution < -0.4 is 10.6 Å². The van der Waals surface area contributed by atoms with Gasteiger partial charge in [0.05, 0.1) is 15.4 Å². The van der Waals surface area contributed by atoms with E-state index in [1.54, 1.807) is 26.0 Å². The number of carbonyl (C=O) groups is 2. The van der Waals surface area contributed by atoms with Crippen LogP contribution in [0.2, 0.25) is 0 Å². The van der Waals surface area contributed by atoms with Crippen molar-refractivity contribution in [2.24, 2.45) is 0 Å². The van der Waals surface area contributed by atoms with Gasteiger partial charge >= 0.3 is 6.18 Å². The number of sulfone groups is 2. The third-order valence-electron chi connectivity index (χ3n) is 7.65. The molecule has 4 aromatic rings. The molecule has 51 heavy (non-hydrogen) atoms. The van der Waals surface area contributed by atoms with Crippen LogP contribution in [0, 0.1) is 13.8 Å². The Hall–Kier alpha value is -4.71. The summed E-state index contributed by atoms with van der Waals surface area (Å²) in [4.78, 5) is 36.3. The van der Waals surface area contributed by atoms with Crippen molar-refractivity contribution in [2.45, 2.75) is 93.2 Å². The molecule has 276 valence electrons. The molecule has 0 fully saturated rings. The number of alkyl halides is 3. The van der Waals surface area contributed by atoms with Gasteiger partial charge in [-0.25, -0.2) is 21.8 Å². The number of aryl methyl sites for hydroxylation is 2. The lowest BCUT2D eigenvalue weighted by atomic mass is 9.93. The highest BCUT2D eigenvalue weighted by Crippen LogP contribution is 2.31. The minimum Gasteiger partial charge on any atom is -0.359 e. The molecular weight excluding hydrogens is 714 g/mol. The summed E-state index contributed by atoms with van der Waals surface area (Å²) >= 11 is 0. The summed E-state index contributed by atoms with van der Waals surface area (Å²) in [7, 11) is -8.02. The molecule has 2 amide bonds. The average molecular weight is 753 g/mol. The minimum atomic E-state index is -4.56. The first-order valence-corrected chi connectivity index (χ1v) is 18.2. The van der Waals surface area contributed by atoms with Crippen LogP contribution in [0.4, 0.5) is 24.8 Å². The molecule has 0 aliphatic carbocycles. The van der Waals surface area contributed by atoms with Gasteiger partial charge in [-0.3, -0.25) is 19.6 Å². The van der Waals surface area contributed by atoms with E-state index in [2.05, 4.69) is 30.7 Å². The van der Waals surface area contributed by atoms with Crippen molar-refractivity contribution >= 4 is 43.1 Å². The van der Waals surface area contributed by atoms with Crippen LogP contribution in [0.5, 0.6) is 0 Å². The fraction of sp³-hybridized carbons (Fsp3) is 0.394. The van der Waals surface area contributed by atoms with E-state index in [1.165, 1.54) is 52.1 Å². The van der Waals surface area contributed by atoms with Crippen LogP contribution >= 0.6 is 0 Å². The lowest BCUT2D eigenvalue weighted by Crippen LogP contribution is -2.44. The number of rotatable bonds is 8. The second-order valence-electron chi connectivity index (χ2n) is 13.5. The van der Waals surface area contributed by atoms with Crippen molar-refractivity contribution in [3.63, 3.8) is 0 Å². The lowest BCUT2D eigenvalue weighted by Gasteiger charge is -2.23. The Morgan fingerprint density at radius 2 is 1.10 bits per heavy atom. The number of halogens is 3. The minimum absolute atomic E-state index is 0.00576. The number of anilines is 2. The second-order valence-corrected chi connectivity index (χ2v) is 18.5. The van der Waals surface area contributed by atoms with Crippen LogP contribution in [-0.2, 0) is 40.9 Å². The van der Waals surface area contributed by atoms with Gasteiger partial charge in [-0.15, -0.1) is 0 Å². The first kappa shape index (κ1) is 40.7. The molecule has 4 aromatic heterocycles. The third kappa shape index (κ3) is 9.15. The zero-order valence-electron chi connectivity index (χ0n) is 29.4. The number of pyridine rings is 3. The molecule has 0 radical (unpaired) electrons. The topological polar surface area (TPSA) is 191 Å². The van der Waals surface area contributed by atoms with Crippen molar-refractivity contribution in [3.05, 3.63) is 83.8 Å². The molecule has 0 saturated carbocycles. The van der Waals surface area contributed by atoms with E-state index in [-0.39, 0.29) is 26.8 Å². The van der Waals surface area contributed by atoms with Crippen LogP contribution in [-0.4, -0.2) is 58.3 Å². The predicted molar refractivity (Wildman–Crippen MR) is 182 cm³/mol. The standard InChI is InChI=1S/C17H23N3O4S.C16H16F3N3O3S/c1-11-7-8-12(10-18-11)25(22,23)17(5,6)15(21)19-14-9-13(24-20-14)16(2,3)4;1-10-4-6-12(9-20-10)26(24,25)15(2,3)14(23)22-13-7-5-11(8-21-13)16(17,18)19/h7-10H,1-6H3,(H,19,20,21);4-9H,1-3H3,(H,21,22,23). The van der Waals surface area contributed by atoms with Gasteiger partial charge in [0.15, 0.2) is 25.5 Å². The fourth-order valence-electron chi connectivity index (χ4n) is 3.92. The van der Waals surface area contributed by atoms with Crippen molar-refractivity contribution in [1.29, 1.82) is 0 Å². The number of hydrogen-bond acceptors (Lipinski definition) is 11. The second kappa shape index (κ2) is 14.5. The molecule has 0 atom stereocenters. The van der Waals surface area contributed by atoms with E-state index in [1.807, 2.05) is 20.8 Å². The molecule has 0 aliphatic rings. The zero-order valence-corrected chi connectivity index (χ0v) is 31.0. The molecule has 0 unspecified atom stereocenters. The largest absolute Gasteiger partial charge is 0.417 e. The molecule has 0 spiro atoms. The first-order valence-electron chi connectivity index (χ1n) is 15.2. The first-order chi connectivity index (χ1) is 23.2. The molecule has 4 heterocycles. The summed E-state index contributed by atoms with van der Waals surface area (Å²) in [6, 6.07) is 9.16. The number of amides is 2. The van der Waals surface area contributed by atoms with Crippen LogP contribution in [0.25, 0.3) is 0 Å². The number of nitrogens with one attached hydrogen (secondary N) is 2. The maximum atomic E-state index is 12.8. The quantitative estimate of drug-likeness (QED) is 0.219. The summed E-state index contributed by atoms with van der Waals surface area (Å²) in [6.07, 6.45) is -1.60. The Balaban J connectivity index is 0.000000276. The summed E-state index contributed by atoms with van der Waals surface area (Å²) in [6.45, 7) is 14.4. The Morgan fingerprint density at radius 3 is 1.43 bits per heavy atom. The number of aromatic nitrogens is 4. The van der Waals surface area contributed by atoms with Gasteiger partial charge < -0.3 is 15.2 Å². The fourth-order valence-corrected chi connectivity index (χ4v) is 6.56. The predicted octanol–water partition coefficient (Wildman–Crippen LogP) is 5.86. The smallest absolute Gasteiger partial charge is 0.359 e. The average Bonchev–Trinajstić information content (AvgIpc) is 3.51. The normalized spacial score (nSPS) is 12.8. The Kier molecular flexibility index (Phi) is 11.6. The van der Waals surface area contributed by atoms with Gasteiger partial charge in [-0.1, -0.05) is 25.9 Å². The van der Waals surface area contributed by atoms with E-state index >= 15 is 0 Å². The number of hydrogen-bond donors (Lipinski definition) is 2. The van der Waals surface area contributed by atoms with E-state index in [0.29, 0.717) is 23.3 Å². The Morgan fingerprint density at radius 1 is 0.647 bits per heavy atom. The molecule has 0 aliphatic heterocycles. The Labute approximate surface area is 294 Å². The highest BCUT2D eigenvalue weighted by molar-refractivity contribution is 7.94. The van der Waals surface area contributed by atoms with Gasteiger partial charge in [0, 0.05) is 41.5 Å². The van der Waals surface area contributed by atoms with Gasteiger partial charge in [-0.2, -0.15) is 13.2 Å². The Bertz CT molecular complexity index is 2090. The van der Waals surface area contributed by atoms with Crippen molar-refractivity contribution in [3.8, 4) is 0 Å². The van der Waals surface area contributed by atoms with Gasteiger partial charge in [0.1, 0.15) is 21.1 Å². The number of nitrogens with zero attached hydrogens (tertiary/aromatic N) is 4. The molecule has 4 rings (SSSR count). The summed E-state index contributed by atoms with van der Waals surface area (Å²) in [5, 5.41) is 8.54. The van der Waals surface area contributed by atoms with Crippen molar-refractivity contribution < 1.29 is 44.1 Å². The maximum Gasteiger partial charge on any atom is 0.417 e. The number of carbonyl (C=O) groups excluding carboxylic acids is 2. The highest BCUT2D eigenvalue weighted by Gasteiger charge is 2.44. The molecule has 13 nitrogen and oxygen atoms in total. The zero-order chi connectivity index (χ0) is 38.8. The molecule has 0 aromatic carbocycles. The molecule has 0 saturated heterocycles. The van der Waals surface area contributed by atoms with Crippen LogP contribution in [0.1, 0.15) is 71.2 Å². The van der Waals surface area contributed by atoms with E-state index in [4.69, 9.17) is 4.52 Å². The van der Waals surface area contributed by atoms with Gasteiger partial charge in [-0.05, 0) is 77.9 Å². The van der Waals surface area contributed by atoms with Crippen molar-refractivity contribution in [1.82, 2.24) is 20.1 Å². The van der Waals surface area contributed by atoms with E-state index < -0.39 is 52.7 Å². The van der Waals surface area contributed by atoms with Crippen LogP contribution in [0.15, 0.2) is 75.4 Å². The summed E-state index contributed by atoms with van der Waals surface area (Å²) < 4.78 is 90.3. The molecular formula is C33H39F3N6O7S2. The van der Waals surface area contributed by atoms with E-state index in [9.17, 15) is 39.6 Å². The SMILES string of the molecule is Cc1ccc(S(=O)(=O)C(C)(C)C(=O)Nc2cc(C(C)(C)C)on2)cn1.Cc1ccc(S(=O)(=O)C(C)(C)C(=O)Nc2ccc(C(F)(F)F)cn2)cn1. The maximum absolute atomic E-state index is 12.8. The highest BCUT2D eigenvalue weighted by atomic mass is 32.2.